The van der Waals surface area contributed by atoms with Gasteiger partial charge in [0.2, 0.25) is 0 Å². The molecule has 0 bridgehead atoms. The Hall–Kier alpha value is -0.240. The Kier molecular flexibility index (Phi) is 13.2. The van der Waals surface area contributed by atoms with Crippen molar-refractivity contribution < 1.29 is 9.53 Å². The number of rotatable bonds is 2. The smallest absolute Gasteiger partial charge is 0.293 e. The van der Waals surface area contributed by atoms with Gasteiger partial charge in [0.05, 0.1) is 6.10 Å². The highest BCUT2D eigenvalue weighted by atomic mass is 35.5. The fourth-order valence-corrected chi connectivity index (χ4v) is 0.111. The molecular weight excluding hydrogens is 128 g/mol. The molecule has 0 aromatic rings. The van der Waals surface area contributed by atoms with Crippen LogP contribution >= 0.6 is 11.6 Å². The van der Waals surface area contributed by atoms with E-state index in [4.69, 9.17) is 0 Å². The van der Waals surface area contributed by atoms with E-state index in [9.17, 15) is 4.79 Å². The highest BCUT2D eigenvalue weighted by Crippen LogP contribution is 1.79. The zero-order chi connectivity index (χ0) is 6.99. The van der Waals surface area contributed by atoms with E-state index in [0.29, 0.717) is 6.47 Å². The van der Waals surface area contributed by atoms with Gasteiger partial charge in [-0.1, -0.05) is 0 Å². The number of ether oxygens (including phenoxy) is 1. The third kappa shape index (κ3) is 17.1. The largest absolute Gasteiger partial charge is 0.465 e. The van der Waals surface area contributed by atoms with Gasteiger partial charge in [0.25, 0.3) is 6.47 Å². The van der Waals surface area contributed by atoms with Crippen molar-refractivity contribution in [1.82, 2.24) is 0 Å². The first kappa shape index (κ1) is 10.7. The van der Waals surface area contributed by atoms with Crippen molar-refractivity contribution in [2.45, 2.75) is 20.0 Å². The molecule has 8 heavy (non-hydrogen) atoms. The second-order valence-corrected chi connectivity index (χ2v) is 1.28. The van der Waals surface area contributed by atoms with Gasteiger partial charge in [-0.15, -0.1) is 11.6 Å². The van der Waals surface area contributed by atoms with E-state index < -0.39 is 0 Å². The van der Waals surface area contributed by atoms with Crippen LogP contribution in [-0.2, 0) is 9.53 Å². The van der Waals surface area contributed by atoms with Crippen LogP contribution in [0.2, 0.25) is 0 Å². The Morgan fingerprint density at radius 1 is 1.50 bits per heavy atom. The van der Waals surface area contributed by atoms with Gasteiger partial charge < -0.3 is 4.74 Å². The molecule has 2 nitrogen and oxygen atoms in total. The van der Waals surface area contributed by atoms with E-state index >= 15 is 0 Å². The van der Waals surface area contributed by atoms with E-state index in [2.05, 4.69) is 16.3 Å². The standard InChI is InChI=1S/C4H8O2.CH3Cl/c1-4(2)6-3-5;1-2/h3-4H,1-2H3;1H3. The molecule has 0 unspecified atom stereocenters. The second-order valence-electron chi connectivity index (χ2n) is 1.28. The van der Waals surface area contributed by atoms with Crippen molar-refractivity contribution in [2.24, 2.45) is 0 Å². The van der Waals surface area contributed by atoms with Crippen molar-refractivity contribution >= 4 is 18.1 Å². The van der Waals surface area contributed by atoms with Crippen LogP contribution < -0.4 is 0 Å². The number of halogens is 1. The summed E-state index contributed by atoms with van der Waals surface area (Å²) in [5.41, 5.74) is 0. The lowest BCUT2D eigenvalue weighted by Crippen LogP contribution is -1.98. The Labute approximate surface area is 54.8 Å². The molecular formula is C5H11ClO2. The third-order valence-corrected chi connectivity index (χ3v) is 0.328. The summed E-state index contributed by atoms with van der Waals surface area (Å²) in [6.45, 7) is 4.05. The number of hydrogen-bond donors (Lipinski definition) is 0. The molecule has 0 atom stereocenters. The van der Waals surface area contributed by atoms with Gasteiger partial charge in [-0.2, -0.15) is 0 Å². The summed E-state index contributed by atoms with van der Waals surface area (Å²) in [4.78, 5) is 9.39. The van der Waals surface area contributed by atoms with Crippen LogP contribution in [0.5, 0.6) is 0 Å². The lowest BCUT2D eigenvalue weighted by molar-refractivity contribution is -0.131. The average molecular weight is 139 g/mol. The zero-order valence-corrected chi connectivity index (χ0v) is 6.11. The molecule has 0 rings (SSSR count). The molecule has 0 heterocycles. The first-order valence-corrected chi connectivity index (χ1v) is 3.00. The SMILES string of the molecule is CC(C)OC=O.CCl. The molecule has 0 aliphatic rings. The predicted octanol–water partition coefficient (Wildman–Crippen LogP) is 1.42. The molecule has 0 aliphatic heterocycles. The molecule has 50 valence electrons. The molecule has 0 spiro atoms. The number of alkyl halides is 1. The first-order chi connectivity index (χ1) is 3.77. The Morgan fingerprint density at radius 3 is 1.88 bits per heavy atom. The molecule has 0 saturated carbocycles. The normalized spacial score (nSPS) is 7.12. The fraction of sp³-hybridized carbons (Fsp3) is 0.800. The molecule has 0 amide bonds. The molecule has 0 aromatic heterocycles. The van der Waals surface area contributed by atoms with E-state index in [1.807, 2.05) is 0 Å². The lowest BCUT2D eigenvalue weighted by atomic mass is 10.5. The maximum absolute atomic E-state index is 9.39. The quantitative estimate of drug-likeness (QED) is 0.426. The summed E-state index contributed by atoms with van der Waals surface area (Å²) in [5, 5.41) is 0. The van der Waals surface area contributed by atoms with E-state index in [1.54, 1.807) is 13.8 Å². The average Bonchev–Trinajstić information content (AvgIpc) is 1.72. The number of hydrogen-bond acceptors (Lipinski definition) is 2. The van der Waals surface area contributed by atoms with Gasteiger partial charge in [0.1, 0.15) is 0 Å². The topological polar surface area (TPSA) is 26.3 Å². The van der Waals surface area contributed by atoms with Gasteiger partial charge in [0.15, 0.2) is 0 Å². The number of carbonyl (C=O) groups is 1. The van der Waals surface area contributed by atoms with E-state index in [0.717, 1.165) is 0 Å². The molecule has 0 radical (unpaired) electrons. The van der Waals surface area contributed by atoms with Crippen LogP contribution in [-0.4, -0.2) is 19.0 Å². The summed E-state index contributed by atoms with van der Waals surface area (Å²) >= 11 is 4.64. The molecule has 0 saturated heterocycles. The van der Waals surface area contributed by atoms with E-state index in [-0.39, 0.29) is 6.10 Å². The van der Waals surface area contributed by atoms with Crippen molar-refractivity contribution in [1.29, 1.82) is 0 Å². The predicted molar refractivity (Wildman–Crippen MR) is 34.1 cm³/mol. The summed E-state index contributed by atoms with van der Waals surface area (Å²) in [6, 6.07) is 0. The van der Waals surface area contributed by atoms with Crippen LogP contribution in [0.15, 0.2) is 0 Å². The van der Waals surface area contributed by atoms with Gasteiger partial charge in [-0.05, 0) is 13.8 Å². The molecule has 0 aliphatic carbocycles. The fourth-order valence-electron chi connectivity index (χ4n) is 0.111. The molecule has 0 fully saturated rings. The van der Waals surface area contributed by atoms with Crippen LogP contribution in [0, 0.1) is 0 Å². The number of carbonyl (C=O) groups excluding carboxylic acids is 1. The highest BCUT2D eigenvalue weighted by Gasteiger charge is 1.83. The van der Waals surface area contributed by atoms with E-state index in [1.165, 1.54) is 6.38 Å². The zero-order valence-electron chi connectivity index (χ0n) is 5.35. The minimum absolute atomic E-state index is 0.0301. The minimum Gasteiger partial charge on any atom is -0.465 e. The van der Waals surface area contributed by atoms with Crippen LogP contribution in [0.25, 0.3) is 0 Å². The Bertz CT molecular complexity index is 45.7. The van der Waals surface area contributed by atoms with Crippen LogP contribution in [0.3, 0.4) is 0 Å². The first-order valence-electron chi connectivity index (χ1n) is 2.24. The Morgan fingerprint density at radius 2 is 1.88 bits per heavy atom. The summed E-state index contributed by atoms with van der Waals surface area (Å²) in [7, 11) is 0. The Balaban J connectivity index is 0. The molecule has 0 N–H and O–H groups in total. The minimum atomic E-state index is 0.0301. The molecule has 0 aromatic carbocycles. The highest BCUT2D eigenvalue weighted by molar-refractivity contribution is 6.15. The van der Waals surface area contributed by atoms with Gasteiger partial charge in [-0.25, -0.2) is 0 Å². The van der Waals surface area contributed by atoms with Crippen molar-refractivity contribution in [2.75, 3.05) is 6.38 Å². The van der Waals surface area contributed by atoms with Gasteiger partial charge in [-0.3, -0.25) is 4.79 Å². The summed E-state index contributed by atoms with van der Waals surface area (Å²) in [6.07, 6.45) is 1.50. The van der Waals surface area contributed by atoms with Crippen molar-refractivity contribution in [3.05, 3.63) is 0 Å². The maximum Gasteiger partial charge on any atom is 0.293 e. The van der Waals surface area contributed by atoms with Crippen LogP contribution in [0.1, 0.15) is 13.8 Å². The summed E-state index contributed by atoms with van der Waals surface area (Å²) < 4.78 is 4.36. The van der Waals surface area contributed by atoms with Gasteiger partial charge >= 0.3 is 0 Å². The van der Waals surface area contributed by atoms with Gasteiger partial charge in [0, 0.05) is 6.38 Å². The summed E-state index contributed by atoms with van der Waals surface area (Å²) in [5.74, 6) is 0. The maximum atomic E-state index is 9.39. The lowest BCUT2D eigenvalue weighted by Gasteiger charge is -1.96. The molecule has 3 heteroatoms. The third-order valence-electron chi connectivity index (χ3n) is 0.328. The van der Waals surface area contributed by atoms with Crippen molar-refractivity contribution in [3.8, 4) is 0 Å². The van der Waals surface area contributed by atoms with Crippen LogP contribution in [0.4, 0.5) is 0 Å². The van der Waals surface area contributed by atoms with Crippen molar-refractivity contribution in [3.63, 3.8) is 0 Å². The monoisotopic (exact) mass is 138 g/mol. The second kappa shape index (κ2) is 9.90.